The fourth-order valence-corrected chi connectivity index (χ4v) is 2.59. The summed E-state index contributed by atoms with van der Waals surface area (Å²) in [5.41, 5.74) is 4.49. The van der Waals surface area contributed by atoms with Crippen molar-refractivity contribution < 1.29 is 13.2 Å². The van der Waals surface area contributed by atoms with Crippen molar-refractivity contribution in [1.82, 2.24) is 15.2 Å². The molecule has 3 N–H and O–H groups in total. The first-order valence-electron chi connectivity index (χ1n) is 8.42. The number of hydrogen-bond acceptors (Lipinski definition) is 5. The molecule has 0 saturated carbocycles. The van der Waals surface area contributed by atoms with E-state index in [9.17, 15) is 13.2 Å². The van der Waals surface area contributed by atoms with Crippen LogP contribution in [0.2, 0.25) is 0 Å². The third-order valence-corrected chi connectivity index (χ3v) is 3.74. The molecule has 0 aliphatic carbocycles. The van der Waals surface area contributed by atoms with Crippen LogP contribution in [0.25, 0.3) is 0 Å². The topological polar surface area (TPSA) is 78.9 Å². The number of nitrogens with one attached hydrogen (secondary N) is 1. The van der Waals surface area contributed by atoms with Gasteiger partial charge in [0.15, 0.2) is 0 Å². The zero-order valence-corrected chi connectivity index (χ0v) is 16.1. The van der Waals surface area contributed by atoms with Gasteiger partial charge in [0, 0.05) is 30.6 Å². The van der Waals surface area contributed by atoms with E-state index in [1.54, 1.807) is 49.6 Å². The van der Waals surface area contributed by atoms with Crippen LogP contribution in [0, 0.1) is 0 Å². The van der Waals surface area contributed by atoms with Gasteiger partial charge in [0.05, 0.1) is 12.2 Å². The second-order valence-electron chi connectivity index (χ2n) is 5.48. The Balaban J connectivity index is 0.00000190. The lowest BCUT2D eigenvalue weighted by molar-refractivity contribution is -0.138. The highest BCUT2D eigenvalue weighted by molar-refractivity contribution is 5.98. The standard InChI is InChI=1S/C18H20F3N5.CH5N/c1-22-12-25-16(13-8-10-24-11-9-13)26(3)17(23-2)14-6-4-5-7-15(14)18(19,20)21;1-2/h4-11,17,22H,2,12H2,1,3H3;2H2,1H3/b25-16-;. The van der Waals surface area contributed by atoms with E-state index in [4.69, 9.17) is 0 Å². The molecule has 0 amide bonds. The molecule has 28 heavy (non-hydrogen) atoms. The molecule has 0 aliphatic heterocycles. The molecule has 2 aromatic rings. The molecule has 9 heteroatoms. The second-order valence-corrected chi connectivity index (χ2v) is 5.48. The van der Waals surface area contributed by atoms with Gasteiger partial charge in [-0.3, -0.25) is 15.0 Å². The molecule has 1 aromatic carbocycles. The third-order valence-electron chi connectivity index (χ3n) is 3.74. The summed E-state index contributed by atoms with van der Waals surface area (Å²) in [6, 6.07) is 8.82. The summed E-state index contributed by atoms with van der Waals surface area (Å²) >= 11 is 0. The van der Waals surface area contributed by atoms with Crippen LogP contribution in [-0.2, 0) is 6.18 Å². The number of nitrogens with zero attached hydrogens (tertiary/aromatic N) is 4. The second kappa shape index (κ2) is 11.2. The summed E-state index contributed by atoms with van der Waals surface area (Å²) < 4.78 is 40.2. The Labute approximate surface area is 163 Å². The van der Waals surface area contributed by atoms with Crippen LogP contribution in [0.4, 0.5) is 13.2 Å². The van der Waals surface area contributed by atoms with E-state index in [0.29, 0.717) is 12.5 Å². The number of benzene rings is 1. The maximum Gasteiger partial charge on any atom is 0.416 e. The van der Waals surface area contributed by atoms with Crippen LogP contribution in [0.15, 0.2) is 58.8 Å². The van der Waals surface area contributed by atoms with Gasteiger partial charge in [0.2, 0.25) is 0 Å². The number of alkyl halides is 3. The first-order valence-corrected chi connectivity index (χ1v) is 8.42. The summed E-state index contributed by atoms with van der Waals surface area (Å²) in [5, 5.41) is 2.90. The van der Waals surface area contributed by atoms with Crippen LogP contribution in [-0.4, -0.2) is 50.2 Å². The molecule has 0 saturated heterocycles. The third kappa shape index (κ3) is 5.86. The quantitative estimate of drug-likeness (QED) is 0.583. The van der Waals surface area contributed by atoms with E-state index >= 15 is 0 Å². The lowest BCUT2D eigenvalue weighted by Gasteiger charge is -2.30. The zero-order chi connectivity index (χ0) is 21.2. The molecule has 1 aromatic heterocycles. The molecule has 0 radical (unpaired) electrons. The van der Waals surface area contributed by atoms with Gasteiger partial charge in [0.25, 0.3) is 0 Å². The number of aromatic nitrogens is 1. The van der Waals surface area contributed by atoms with Gasteiger partial charge in [-0.2, -0.15) is 13.2 Å². The van der Waals surface area contributed by atoms with Crippen molar-refractivity contribution in [1.29, 1.82) is 0 Å². The van der Waals surface area contributed by atoms with E-state index in [0.717, 1.165) is 11.6 Å². The normalized spacial score (nSPS) is 12.6. The van der Waals surface area contributed by atoms with Crippen molar-refractivity contribution >= 4 is 12.6 Å². The van der Waals surface area contributed by atoms with Crippen molar-refractivity contribution in [2.24, 2.45) is 15.7 Å². The Bertz CT molecular complexity index is 762. The summed E-state index contributed by atoms with van der Waals surface area (Å²) in [4.78, 5) is 13.9. The smallest absolute Gasteiger partial charge is 0.334 e. The monoisotopic (exact) mass is 394 g/mol. The van der Waals surface area contributed by atoms with Crippen molar-refractivity contribution in [3.8, 4) is 0 Å². The van der Waals surface area contributed by atoms with E-state index in [1.807, 2.05) is 0 Å². The summed E-state index contributed by atoms with van der Waals surface area (Å²) in [6.07, 6.45) is -2.24. The molecule has 1 unspecified atom stereocenters. The van der Waals surface area contributed by atoms with Gasteiger partial charge in [-0.05, 0) is 39.0 Å². The van der Waals surface area contributed by atoms with Crippen LogP contribution >= 0.6 is 0 Å². The van der Waals surface area contributed by atoms with Gasteiger partial charge in [-0.15, -0.1) is 0 Å². The Hall–Kier alpha value is -2.78. The van der Waals surface area contributed by atoms with Gasteiger partial charge in [-0.1, -0.05) is 18.2 Å². The highest BCUT2D eigenvalue weighted by Crippen LogP contribution is 2.36. The highest BCUT2D eigenvalue weighted by Gasteiger charge is 2.36. The van der Waals surface area contributed by atoms with Crippen LogP contribution < -0.4 is 11.1 Å². The molecule has 0 fully saturated rings. The molecule has 1 atom stereocenters. The Morgan fingerprint density at radius 2 is 1.82 bits per heavy atom. The first kappa shape index (κ1) is 23.3. The van der Waals surface area contributed by atoms with Crippen LogP contribution in [0.1, 0.15) is 22.9 Å². The largest absolute Gasteiger partial charge is 0.416 e. The minimum Gasteiger partial charge on any atom is -0.334 e. The Morgan fingerprint density at radius 3 is 2.36 bits per heavy atom. The number of nitrogens with two attached hydrogens (primary N) is 1. The molecule has 0 bridgehead atoms. The van der Waals surface area contributed by atoms with Gasteiger partial charge < -0.3 is 16.0 Å². The number of pyridine rings is 1. The average Bonchev–Trinajstić information content (AvgIpc) is 2.71. The number of amidine groups is 1. The molecule has 6 nitrogen and oxygen atoms in total. The predicted molar refractivity (Wildman–Crippen MR) is 106 cm³/mol. The Kier molecular flexibility index (Phi) is 9.26. The molecular weight excluding hydrogens is 369 g/mol. The maximum atomic E-state index is 13.4. The maximum absolute atomic E-state index is 13.4. The summed E-state index contributed by atoms with van der Waals surface area (Å²) in [5.74, 6) is 0.483. The van der Waals surface area contributed by atoms with Crippen molar-refractivity contribution in [3.63, 3.8) is 0 Å². The minimum atomic E-state index is -4.49. The summed E-state index contributed by atoms with van der Waals surface area (Å²) in [7, 11) is 4.87. The van der Waals surface area contributed by atoms with E-state index in [1.165, 1.54) is 19.2 Å². The molecule has 1 heterocycles. The average molecular weight is 394 g/mol. The minimum absolute atomic E-state index is 0.0173. The van der Waals surface area contributed by atoms with Gasteiger partial charge in [-0.25, -0.2) is 0 Å². The predicted octanol–water partition coefficient (Wildman–Crippen LogP) is 2.93. The molecule has 2 rings (SSSR count). The molecule has 0 aliphatic rings. The van der Waals surface area contributed by atoms with Crippen molar-refractivity contribution in [2.75, 3.05) is 27.8 Å². The lowest BCUT2D eigenvalue weighted by Crippen LogP contribution is -2.33. The zero-order valence-electron chi connectivity index (χ0n) is 16.1. The molecular formula is C19H25F3N6. The van der Waals surface area contributed by atoms with Gasteiger partial charge >= 0.3 is 6.18 Å². The highest BCUT2D eigenvalue weighted by atomic mass is 19.4. The number of halogens is 3. The van der Waals surface area contributed by atoms with Gasteiger partial charge in [0.1, 0.15) is 12.0 Å². The fourth-order valence-electron chi connectivity index (χ4n) is 2.59. The number of rotatable bonds is 6. The Morgan fingerprint density at radius 1 is 1.21 bits per heavy atom. The SMILES string of the molecule is C=NC(c1ccccc1C(F)(F)F)N(C)/C(=N\CNC)c1ccncc1.CN. The van der Waals surface area contributed by atoms with Crippen LogP contribution in [0.5, 0.6) is 0 Å². The number of hydrogen-bond donors (Lipinski definition) is 2. The van der Waals surface area contributed by atoms with E-state index in [2.05, 4.69) is 32.7 Å². The van der Waals surface area contributed by atoms with Crippen LogP contribution in [0.3, 0.4) is 0 Å². The van der Waals surface area contributed by atoms with E-state index < -0.39 is 17.9 Å². The molecule has 0 spiro atoms. The number of aliphatic imine (C=N–C) groups is 2. The van der Waals surface area contributed by atoms with E-state index in [-0.39, 0.29) is 5.56 Å². The van der Waals surface area contributed by atoms with Crippen molar-refractivity contribution in [3.05, 3.63) is 65.5 Å². The molecule has 152 valence electrons. The lowest BCUT2D eigenvalue weighted by atomic mass is 10.0. The summed E-state index contributed by atoms with van der Waals surface area (Å²) in [6.45, 7) is 3.79. The fraction of sp³-hybridized carbons (Fsp3) is 0.316. The first-order chi connectivity index (χ1) is 13.4. The van der Waals surface area contributed by atoms with Crippen molar-refractivity contribution in [2.45, 2.75) is 12.3 Å².